The van der Waals surface area contributed by atoms with Crippen molar-refractivity contribution < 1.29 is 9.18 Å². The monoisotopic (exact) mass is 451 g/mol. The molecular formula is C13H12BrFIN3O. The van der Waals surface area contributed by atoms with E-state index in [0.717, 1.165) is 15.0 Å². The fraction of sp³-hybridized carbons (Fsp3) is 0.231. The van der Waals surface area contributed by atoms with Crippen LogP contribution in [0.5, 0.6) is 0 Å². The number of aryl methyl sites for hydroxylation is 1. The highest BCUT2D eigenvalue weighted by atomic mass is 127. The van der Waals surface area contributed by atoms with Crippen LogP contribution < -0.4 is 5.32 Å². The molecule has 0 bridgehead atoms. The van der Waals surface area contributed by atoms with Gasteiger partial charge in [0.25, 0.3) is 0 Å². The van der Waals surface area contributed by atoms with Gasteiger partial charge in [-0.25, -0.2) is 4.39 Å². The highest BCUT2D eigenvalue weighted by Gasteiger charge is 2.13. The van der Waals surface area contributed by atoms with Crippen molar-refractivity contribution in [2.24, 2.45) is 0 Å². The largest absolute Gasteiger partial charge is 0.322 e. The molecule has 0 aliphatic carbocycles. The summed E-state index contributed by atoms with van der Waals surface area (Å²) in [6.45, 7) is 3.85. The molecule has 1 N–H and O–H groups in total. The summed E-state index contributed by atoms with van der Waals surface area (Å²) in [6, 6.07) is 4.50. The Morgan fingerprint density at radius 2 is 2.20 bits per heavy atom. The molecule has 0 aliphatic heterocycles. The summed E-state index contributed by atoms with van der Waals surface area (Å²) in [7, 11) is 0. The first-order valence-corrected chi connectivity index (χ1v) is 7.70. The second kappa shape index (κ2) is 6.21. The molecule has 0 radical (unpaired) electrons. The van der Waals surface area contributed by atoms with Crippen molar-refractivity contribution in [1.29, 1.82) is 0 Å². The number of nitrogens with one attached hydrogen (secondary N) is 1. The molecule has 0 aliphatic rings. The Labute approximate surface area is 138 Å². The highest BCUT2D eigenvalue weighted by molar-refractivity contribution is 14.1. The van der Waals surface area contributed by atoms with Crippen LogP contribution in [-0.2, 0) is 11.3 Å². The van der Waals surface area contributed by atoms with Gasteiger partial charge in [0, 0.05) is 10.2 Å². The van der Waals surface area contributed by atoms with Crippen molar-refractivity contribution >= 4 is 50.1 Å². The lowest BCUT2D eigenvalue weighted by molar-refractivity contribution is -0.117. The van der Waals surface area contributed by atoms with Gasteiger partial charge in [0.15, 0.2) is 0 Å². The average molecular weight is 452 g/mol. The number of anilines is 1. The number of carbonyl (C=O) groups is 1. The van der Waals surface area contributed by atoms with Gasteiger partial charge in [-0.15, -0.1) is 0 Å². The minimum atomic E-state index is -0.476. The molecule has 1 aromatic carbocycles. The number of amides is 1. The molecule has 4 nitrogen and oxygen atoms in total. The van der Waals surface area contributed by atoms with Crippen molar-refractivity contribution in [3.8, 4) is 0 Å². The van der Waals surface area contributed by atoms with Gasteiger partial charge in [0.2, 0.25) is 5.91 Å². The third kappa shape index (κ3) is 3.38. The zero-order chi connectivity index (χ0) is 14.9. The van der Waals surface area contributed by atoms with Gasteiger partial charge in [0.1, 0.15) is 12.4 Å². The first kappa shape index (κ1) is 15.4. The summed E-state index contributed by atoms with van der Waals surface area (Å²) in [4.78, 5) is 11.9. The Hall–Kier alpha value is -0.960. The Bertz CT molecular complexity index is 672. The fourth-order valence-electron chi connectivity index (χ4n) is 1.75. The lowest BCUT2D eigenvalue weighted by Crippen LogP contribution is -2.21. The smallest absolute Gasteiger partial charge is 0.246 e. The van der Waals surface area contributed by atoms with Gasteiger partial charge in [-0.1, -0.05) is 15.9 Å². The van der Waals surface area contributed by atoms with Crippen molar-refractivity contribution in [1.82, 2.24) is 9.78 Å². The third-order valence-electron chi connectivity index (χ3n) is 2.79. The standard InChI is InChI=1S/C13H12BrFIN3O/c1-7-13(16)8(2)19(18-7)6-12(20)17-11-4-3-9(14)5-10(11)15/h3-5H,6H2,1-2H3,(H,17,20). The zero-order valence-electron chi connectivity index (χ0n) is 10.9. The fourth-order valence-corrected chi connectivity index (χ4v) is 2.47. The van der Waals surface area contributed by atoms with Gasteiger partial charge in [-0.2, -0.15) is 5.10 Å². The van der Waals surface area contributed by atoms with E-state index in [-0.39, 0.29) is 18.1 Å². The maximum atomic E-state index is 13.6. The van der Waals surface area contributed by atoms with Crippen LogP contribution in [0.2, 0.25) is 0 Å². The van der Waals surface area contributed by atoms with E-state index < -0.39 is 5.82 Å². The maximum absolute atomic E-state index is 13.6. The van der Waals surface area contributed by atoms with Crippen LogP contribution in [-0.4, -0.2) is 15.7 Å². The summed E-state index contributed by atoms with van der Waals surface area (Å²) in [6.07, 6.45) is 0. The Morgan fingerprint density at radius 3 is 2.75 bits per heavy atom. The molecular weight excluding hydrogens is 440 g/mol. The van der Waals surface area contributed by atoms with E-state index in [1.54, 1.807) is 10.7 Å². The average Bonchev–Trinajstić information content (AvgIpc) is 2.61. The number of rotatable bonds is 3. The highest BCUT2D eigenvalue weighted by Crippen LogP contribution is 2.20. The molecule has 1 aromatic heterocycles. The summed E-state index contributed by atoms with van der Waals surface area (Å²) in [5.41, 5.74) is 1.97. The molecule has 2 aromatic rings. The molecule has 20 heavy (non-hydrogen) atoms. The van der Waals surface area contributed by atoms with Crippen LogP contribution in [0.1, 0.15) is 11.4 Å². The normalized spacial score (nSPS) is 10.7. The summed E-state index contributed by atoms with van der Waals surface area (Å²) >= 11 is 5.36. The second-order valence-electron chi connectivity index (χ2n) is 4.31. The van der Waals surface area contributed by atoms with E-state index in [1.165, 1.54) is 12.1 Å². The number of hydrogen-bond donors (Lipinski definition) is 1. The lowest BCUT2D eigenvalue weighted by atomic mass is 10.3. The minimum Gasteiger partial charge on any atom is -0.322 e. The molecule has 1 amide bonds. The Balaban J connectivity index is 2.11. The molecule has 0 saturated carbocycles. The topological polar surface area (TPSA) is 46.9 Å². The molecule has 106 valence electrons. The van der Waals surface area contributed by atoms with Gasteiger partial charge in [0.05, 0.1) is 15.0 Å². The Morgan fingerprint density at radius 1 is 1.50 bits per heavy atom. The van der Waals surface area contributed by atoms with E-state index in [1.807, 2.05) is 13.8 Å². The lowest BCUT2D eigenvalue weighted by Gasteiger charge is -2.08. The molecule has 7 heteroatoms. The second-order valence-corrected chi connectivity index (χ2v) is 6.31. The van der Waals surface area contributed by atoms with Crippen LogP contribution in [0.4, 0.5) is 10.1 Å². The molecule has 0 saturated heterocycles. The number of benzene rings is 1. The van der Waals surface area contributed by atoms with Crippen LogP contribution in [0, 0.1) is 23.2 Å². The Kier molecular flexibility index (Phi) is 4.79. The van der Waals surface area contributed by atoms with E-state index >= 15 is 0 Å². The van der Waals surface area contributed by atoms with Gasteiger partial charge in [-0.3, -0.25) is 9.48 Å². The van der Waals surface area contributed by atoms with Crippen molar-refractivity contribution in [2.45, 2.75) is 20.4 Å². The molecule has 2 rings (SSSR count). The van der Waals surface area contributed by atoms with E-state index in [9.17, 15) is 9.18 Å². The molecule has 0 spiro atoms. The third-order valence-corrected chi connectivity index (χ3v) is 4.85. The van der Waals surface area contributed by atoms with E-state index in [2.05, 4.69) is 48.9 Å². The summed E-state index contributed by atoms with van der Waals surface area (Å²) in [5.74, 6) is -0.788. The number of hydrogen-bond acceptors (Lipinski definition) is 2. The summed E-state index contributed by atoms with van der Waals surface area (Å²) in [5, 5.41) is 6.82. The summed E-state index contributed by atoms with van der Waals surface area (Å²) < 4.78 is 16.9. The number of halogens is 3. The van der Waals surface area contributed by atoms with Crippen LogP contribution in [0.25, 0.3) is 0 Å². The zero-order valence-corrected chi connectivity index (χ0v) is 14.6. The first-order valence-electron chi connectivity index (χ1n) is 5.83. The molecule has 0 atom stereocenters. The number of aromatic nitrogens is 2. The van der Waals surface area contributed by atoms with E-state index in [4.69, 9.17) is 0 Å². The van der Waals surface area contributed by atoms with E-state index in [0.29, 0.717) is 4.47 Å². The minimum absolute atomic E-state index is 0.0607. The van der Waals surface area contributed by atoms with Crippen molar-refractivity contribution in [2.75, 3.05) is 5.32 Å². The molecule has 1 heterocycles. The van der Waals surface area contributed by atoms with Crippen LogP contribution in [0.3, 0.4) is 0 Å². The number of carbonyl (C=O) groups excluding carboxylic acids is 1. The first-order chi connectivity index (χ1) is 9.38. The van der Waals surface area contributed by atoms with Gasteiger partial charge >= 0.3 is 0 Å². The molecule has 0 unspecified atom stereocenters. The molecule has 0 fully saturated rings. The number of nitrogens with zero attached hydrogens (tertiary/aromatic N) is 2. The quantitative estimate of drug-likeness (QED) is 0.724. The maximum Gasteiger partial charge on any atom is 0.246 e. The SMILES string of the molecule is Cc1nn(CC(=O)Nc2ccc(Br)cc2F)c(C)c1I. The van der Waals surface area contributed by atoms with Crippen LogP contribution in [0.15, 0.2) is 22.7 Å². The predicted molar refractivity (Wildman–Crippen MR) is 87.1 cm³/mol. The van der Waals surface area contributed by atoms with Crippen molar-refractivity contribution in [3.63, 3.8) is 0 Å². The predicted octanol–water partition coefficient (Wildman–Crippen LogP) is 3.64. The van der Waals surface area contributed by atoms with Gasteiger partial charge < -0.3 is 5.32 Å². The van der Waals surface area contributed by atoms with Gasteiger partial charge in [-0.05, 0) is 54.6 Å². The van der Waals surface area contributed by atoms with Crippen molar-refractivity contribution in [3.05, 3.63) is 43.4 Å². The van der Waals surface area contributed by atoms with Crippen LogP contribution >= 0.6 is 38.5 Å².